The molecule has 2 N–H and O–H groups in total. The molecule has 0 aromatic heterocycles. The van der Waals surface area contributed by atoms with Gasteiger partial charge in [0.1, 0.15) is 10.6 Å². The number of ether oxygens (including phenoxy) is 1. The van der Waals surface area contributed by atoms with Gasteiger partial charge in [0.15, 0.2) is 6.61 Å². The van der Waals surface area contributed by atoms with Gasteiger partial charge in [-0.1, -0.05) is 36.4 Å². The van der Waals surface area contributed by atoms with Gasteiger partial charge in [-0.15, -0.1) is 0 Å². The highest BCUT2D eigenvalue weighted by molar-refractivity contribution is 7.89. The van der Waals surface area contributed by atoms with Crippen molar-refractivity contribution in [1.82, 2.24) is 19.4 Å². The first kappa shape index (κ1) is 29.1. The molecular weight excluding hydrogens is 492 g/mol. The molecule has 10 heteroatoms. The summed E-state index contributed by atoms with van der Waals surface area (Å²) in [6, 6.07) is 14.9. The van der Waals surface area contributed by atoms with Crippen LogP contribution in [0.25, 0.3) is 0 Å². The number of carbonyl (C=O) groups excluding carboxylic acids is 1. The van der Waals surface area contributed by atoms with Crippen molar-refractivity contribution in [3.63, 3.8) is 0 Å². The number of amides is 1. The van der Waals surface area contributed by atoms with E-state index in [1.165, 1.54) is 34.6 Å². The minimum Gasteiger partial charge on any atom is -0.482 e. The number of aliphatic hydroxyl groups is 1. The second kappa shape index (κ2) is 13.3. The standard InChI is InChI=1S/C27H40N4O5S/c1-21(2)29(3)15-16-30(4)37(34,35)26-12-8-7-11-25(26)36-20-27(33)28-17-24(32)19-31-14-13-22-9-5-6-10-23(22)18-31/h5-12,21,24,32H,13-20H2,1-4H3,(H,28,33)/t24-/m1/s1. The molecule has 1 heterocycles. The number of nitrogens with zero attached hydrogens (tertiary/aromatic N) is 3. The maximum atomic E-state index is 13.2. The highest BCUT2D eigenvalue weighted by Gasteiger charge is 2.25. The molecule has 2 aromatic carbocycles. The lowest BCUT2D eigenvalue weighted by molar-refractivity contribution is -0.123. The molecule has 0 unspecified atom stereocenters. The maximum Gasteiger partial charge on any atom is 0.258 e. The second-order valence-corrected chi connectivity index (χ2v) is 11.9. The number of likely N-dealkylation sites (N-methyl/N-ethyl adjacent to an activating group) is 2. The van der Waals surface area contributed by atoms with Crippen LogP contribution < -0.4 is 10.1 Å². The van der Waals surface area contributed by atoms with Crippen LogP contribution in [0.15, 0.2) is 53.4 Å². The number of aliphatic hydroxyl groups excluding tert-OH is 1. The van der Waals surface area contributed by atoms with Crippen molar-refractivity contribution in [1.29, 1.82) is 0 Å². The van der Waals surface area contributed by atoms with Gasteiger partial charge >= 0.3 is 0 Å². The zero-order valence-electron chi connectivity index (χ0n) is 22.3. The Hall–Kier alpha value is -2.50. The SMILES string of the molecule is CC(C)N(C)CCN(C)S(=O)(=O)c1ccccc1OCC(=O)NC[C@@H](O)CN1CCc2ccccc2C1. The van der Waals surface area contributed by atoms with E-state index in [1.807, 2.05) is 19.2 Å². The summed E-state index contributed by atoms with van der Waals surface area (Å²) in [7, 11) is -0.313. The maximum absolute atomic E-state index is 13.2. The number of para-hydroxylation sites is 1. The first-order chi connectivity index (χ1) is 17.6. The van der Waals surface area contributed by atoms with E-state index in [0.717, 1.165) is 19.5 Å². The van der Waals surface area contributed by atoms with Crippen molar-refractivity contribution < 1.29 is 23.1 Å². The van der Waals surface area contributed by atoms with Crippen molar-refractivity contribution in [2.75, 3.05) is 53.4 Å². The molecule has 1 aliphatic rings. The summed E-state index contributed by atoms with van der Waals surface area (Å²) >= 11 is 0. The molecule has 204 valence electrons. The van der Waals surface area contributed by atoms with Crippen molar-refractivity contribution in [3.8, 4) is 5.75 Å². The molecule has 0 saturated heterocycles. The number of fused-ring (bicyclic) bond motifs is 1. The monoisotopic (exact) mass is 532 g/mol. The summed E-state index contributed by atoms with van der Waals surface area (Å²) in [6.07, 6.45) is 0.217. The molecule has 0 radical (unpaired) electrons. The fraction of sp³-hybridized carbons (Fsp3) is 0.519. The number of benzene rings is 2. The lowest BCUT2D eigenvalue weighted by Gasteiger charge is -2.30. The number of nitrogens with one attached hydrogen (secondary N) is 1. The number of carbonyl (C=O) groups is 1. The zero-order chi connectivity index (χ0) is 27.0. The molecule has 37 heavy (non-hydrogen) atoms. The molecule has 0 saturated carbocycles. The summed E-state index contributed by atoms with van der Waals surface area (Å²) < 4.78 is 33.2. The molecule has 0 aliphatic carbocycles. The summed E-state index contributed by atoms with van der Waals surface area (Å²) in [5.41, 5.74) is 2.61. The van der Waals surface area contributed by atoms with Crippen LogP contribution in [0.4, 0.5) is 0 Å². The van der Waals surface area contributed by atoms with E-state index in [9.17, 15) is 18.3 Å². The Labute approximate surface area is 221 Å². The average molecular weight is 533 g/mol. The lowest BCUT2D eigenvalue weighted by Crippen LogP contribution is -2.43. The minimum absolute atomic E-state index is 0.0166. The van der Waals surface area contributed by atoms with Crippen LogP contribution in [0, 0.1) is 0 Å². The zero-order valence-corrected chi connectivity index (χ0v) is 23.1. The van der Waals surface area contributed by atoms with Gasteiger partial charge < -0.3 is 20.1 Å². The number of sulfonamides is 1. The Balaban J connectivity index is 1.48. The molecule has 1 aliphatic heterocycles. The second-order valence-electron chi connectivity index (χ2n) is 9.85. The van der Waals surface area contributed by atoms with Crippen LogP contribution in [0.3, 0.4) is 0 Å². The Morgan fingerprint density at radius 1 is 1.08 bits per heavy atom. The molecule has 0 bridgehead atoms. The van der Waals surface area contributed by atoms with E-state index in [-0.39, 0.29) is 23.8 Å². The van der Waals surface area contributed by atoms with Crippen LogP contribution >= 0.6 is 0 Å². The molecule has 1 amide bonds. The van der Waals surface area contributed by atoms with Crippen LogP contribution in [0.1, 0.15) is 25.0 Å². The van der Waals surface area contributed by atoms with Gasteiger partial charge in [0, 0.05) is 52.4 Å². The third-order valence-electron chi connectivity index (χ3n) is 6.76. The van der Waals surface area contributed by atoms with Crippen LogP contribution in [0.2, 0.25) is 0 Å². The van der Waals surface area contributed by atoms with Gasteiger partial charge in [-0.25, -0.2) is 8.42 Å². The van der Waals surface area contributed by atoms with Crippen molar-refractivity contribution in [3.05, 3.63) is 59.7 Å². The fourth-order valence-corrected chi connectivity index (χ4v) is 5.42. The molecule has 0 fully saturated rings. The minimum atomic E-state index is -3.80. The Bertz CT molecular complexity index is 1140. The van der Waals surface area contributed by atoms with Crippen LogP contribution in [-0.2, 0) is 27.8 Å². The molecule has 3 rings (SSSR count). The molecular formula is C27H40N4O5S. The van der Waals surface area contributed by atoms with Crippen LogP contribution in [-0.4, -0.2) is 99.1 Å². The third kappa shape index (κ3) is 8.24. The van der Waals surface area contributed by atoms with Gasteiger partial charge in [0.05, 0.1) is 6.10 Å². The van der Waals surface area contributed by atoms with Gasteiger partial charge in [0.25, 0.3) is 5.91 Å². The molecule has 1 atom stereocenters. The topological polar surface area (TPSA) is 102 Å². The van der Waals surface area contributed by atoms with Gasteiger partial charge in [-0.3, -0.25) is 9.69 Å². The van der Waals surface area contributed by atoms with Crippen molar-refractivity contribution >= 4 is 15.9 Å². The number of β-amino-alcohol motifs (C(OH)–C–C–N with tert-alkyl or cyclic N) is 1. The number of rotatable bonds is 13. The largest absolute Gasteiger partial charge is 0.482 e. The lowest BCUT2D eigenvalue weighted by atomic mass is 10.00. The summed E-state index contributed by atoms with van der Waals surface area (Å²) in [5, 5.41) is 13.1. The average Bonchev–Trinajstić information content (AvgIpc) is 2.89. The van der Waals surface area contributed by atoms with Gasteiger partial charge in [-0.2, -0.15) is 4.31 Å². The molecule has 2 aromatic rings. The number of hydrogen-bond acceptors (Lipinski definition) is 7. The summed E-state index contributed by atoms with van der Waals surface area (Å²) in [5.74, 6) is -0.309. The van der Waals surface area contributed by atoms with Gasteiger partial charge in [-0.05, 0) is 50.6 Å². The van der Waals surface area contributed by atoms with E-state index in [1.54, 1.807) is 12.1 Å². The third-order valence-corrected chi connectivity index (χ3v) is 8.66. The van der Waals surface area contributed by atoms with Crippen molar-refractivity contribution in [2.45, 2.75) is 43.9 Å². The summed E-state index contributed by atoms with van der Waals surface area (Å²) in [6.45, 7) is 6.84. The van der Waals surface area contributed by atoms with E-state index in [0.29, 0.717) is 25.7 Å². The van der Waals surface area contributed by atoms with Gasteiger partial charge in [0.2, 0.25) is 10.0 Å². The van der Waals surface area contributed by atoms with E-state index in [4.69, 9.17) is 4.74 Å². The summed E-state index contributed by atoms with van der Waals surface area (Å²) in [4.78, 5) is 16.6. The van der Waals surface area contributed by atoms with E-state index in [2.05, 4.69) is 41.1 Å². The quantitative estimate of drug-likeness (QED) is 0.404. The normalized spacial score (nSPS) is 15.1. The first-order valence-corrected chi connectivity index (χ1v) is 14.1. The highest BCUT2D eigenvalue weighted by atomic mass is 32.2. The van der Waals surface area contributed by atoms with E-state index < -0.39 is 22.0 Å². The van der Waals surface area contributed by atoms with E-state index >= 15 is 0 Å². The van der Waals surface area contributed by atoms with Crippen molar-refractivity contribution in [2.24, 2.45) is 0 Å². The smallest absolute Gasteiger partial charge is 0.258 e. The first-order valence-electron chi connectivity index (χ1n) is 12.7. The number of hydrogen-bond donors (Lipinski definition) is 2. The highest BCUT2D eigenvalue weighted by Crippen LogP contribution is 2.26. The molecule has 0 spiro atoms. The fourth-order valence-electron chi connectivity index (χ4n) is 4.13. The predicted molar refractivity (Wildman–Crippen MR) is 144 cm³/mol. The van der Waals surface area contributed by atoms with Crippen LogP contribution in [0.5, 0.6) is 5.75 Å². The Morgan fingerprint density at radius 2 is 1.76 bits per heavy atom. The Morgan fingerprint density at radius 3 is 2.49 bits per heavy atom. The predicted octanol–water partition coefficient (Wildman–Crippen LogP) is 1.56. The Kier molecular flexibility index (Phi) is 10.5. The molecule has 9 nitrogen and oxygen atoms in total.